The first-order chi connectivity index (χ1) is 12.3. The minimum atomic E-state index is 0.225. The van der Waals surface area contributed by atoms with Crippen LogP contribution >= 0.6 is 0 Å². The van der Waals surface area contributed by atoms with Gasteiger partial charge in [-0.05, 0) is 37.1 Å². The lowest BCUT2D eigenvalue weighted by atomic mass is 10.1. The lowest BCUT2D eigenvalue weighted by Gasteiger charge is -2.41. The van der Waals surface area contributed by atoms with Crippen LogP contribution in [0.2, 0.25) is 0 Å². The van der Waals surface area contributed by atoms with Gasteiger partial charge in [0.05, 0.1) is 6.61 Å². The second-order valence-corrected chi connectivity index (χ2v) is 6.53. The van der Waals surface area contributed by atoms with Crippen molar-refractivity contribution >= 4 is 0 Å². The predicted molar refractivity (Wildman–Crippen MR) is 97.4 cm³/mol. The van der Waals surface area contributed by atoms with E-state index >= 15 is 0 Å². The van der Waals surface area contributed by atoms with E-state index in [1.54, 1.807) is 6.20 Å². The maximum absolute atomic E-state index is 9.46. The normalized spacial score (nSPS) is 19.2. The number of nitrogens with one attached hydrogen (secondary N) is 1. The molecule has 3 rings (SSSR count). The van der Waals surface area contributed by atoms with Crippen LogP contribution in [0.25, 0.3) is 0 Å². The van der Waals surface area contributed by atoms with Crippen LogP contribution in [0.4, 0.5) is 0 Å². The average Bonchev–Trinajstić information content (AvgIpc) is 3.12. The number of H-pyrrole nitrogens is 1. The number of piperazine rings is 1. The Morgan fingerprint density at radius 1 is 1.20 bits per heavy atom. The summed E-state index contributed by atoms with van der Waals surface area (Å²) in [6, 6.07) is 10.7. The van der Waals surface area contributed by atoms with Gasteiger partial charge in [0.25, 0.3) is 0 Å². The fraction of sp³-hybridized carbons (Fsp3) is 0.526. The molecule has 6 nitrogen and oxygen atoms in total. The Bertz CT molecular complexity index is 615. The van der Waals surface area contributed by atoms with Crippen molar-refractivity contribution in [1.29, 1.82) is 0 Å². The Hall–Kier alpha value is -1.89. The van der Waals surface area contributed by atoms with Gasteiger partial charge in [-0.2, -0.15) is 5.10 Å². The Balaban J connectivity index is 1.58. The Labute approximate surface area is 149 Å². The summed E-state index contributed by atoms with van der Waals surface area (Å²) in [5.41, 5.74) is 2.43. The molecule has 1 atom stereocenters. The number of rotatable bonds is 8. The summed E-state index contributed by atoms with van der Waals surface area (Å²) < 4.78 is 5.51. The summed E-state index contributed by atoms with van der Waals surface area (Å²) in [5, 5.41) is 16.5. The number of aromatic nitrogens is 2. The fourth-order valence-corrected chi connectivity index (χ4v) is 3.44. The molecule has 0 bridgehead atoms. The molecule has 136 valence electrons. The maximum Gasteiger partial charge on any atom is 0.119 e. The summed E-state index contributed by atoms with van der Waals surface area (Å²) in [6.07, 6.45) is 2.60. The van der Waals surface area contributed by atoms with Crippen molar-refractivity contribution in [2.24, 2.45) is 0 Å². The summed E-state index contributed by atoms with van der Waals surface area (Å²) in [4.78, 5) is 4.91. The highest BCUT2D eigenvalue weighted by atomic mass is 16.5. The molecule has 1 aromatic carbocycles. The van der Waals surface area contributed by atoms with Gasteiger partial charge in [-0.3, -0.25) is 14.9 Å². The minimum absolute atomic E-state index is 0.225. The average molecular weight is 344 g/mol. The molecular formula is C19H28N4O2. The first-order valence-corrected chi connectivity index (χ1v) is 9.05. The summed E-state index contributed by atoms with van der Waals surface area (Å²) in [5.74, 6) is 0.919. The first-order valence-electron chi connectivity index (χ1n) is 9.05. The van der Waals surface area contributed by atoms with Crippen molar-refractivity contribution in [2.45, 2.75) is 32.5 Å². The molecule has 1 fully saturated rings. The van der Waals surface area contributed by atoms with Crippen molar-refractivity contribution in [3.8, 4) is 5.75 Å². The number of hydrogen-bond acceptors (Lipinski definition) is 5. The second-order valence-electron chi connectivity index (χ2n) is 6.53. The van der Waals surface area contributed by atoms with Crippen LogP contribution in [0.3, 0.4) is 0 Å². The Morgan fingerprint density at radius 2 is 2.04 bits per heavy atom. The van der Waals surface area contributed by atoms with E-state index in [0.29, 0.717) is 12.6 Å². The van der Waals surface area contributed by atoms with E-state index in [4.69, 9.17) is 4.74 Å². The van der Waals surface area contributed by atoms with Gasteiger partial charge in [0, 0.05) is 57.3 Å². The maximum atomic E-state index is 9.46. The Morgan fingerprint density at radius 3 is 2.72 bits per heavy atom. The molecule has 0 aliphatic carbocycles. The molecule has 0 unspecified atom stereocenters. The van der Waals surface area contributed by atoms with Crippen molar-refractivity contribution in [1.82, 2.24) is 20.0 Å². The topological polar surface area (TPSA) is 64.6 Å². The van der Waals surface area contributed by atoms with Gasteiger partial charge in [-0.1, -0.05) is 12.1 Å². The zero-order chi connectivity index (χ0) is 17.5. The van der Waals surface area contributed by atoms with Gasteiger partial charge >= 0.3 is 0 Å². The molecule has 1 aromatic heterocycles. The van der Waals surface area contributed by atoms with E-state index < -0.39 is 0 Å². The smallest absolute Gasteiger partial charge is 0.119 e. The molecule has 1 aliphatic rings. The van der Waals surface area contributed by atoms with Crippen LogP contribution in [0, 0.1) is 0 Å². The zero-order valence-corrected chi connectivity index (χ0v) is 14.9. The number of hydrogen-bond donors (Lipinski definition) is 2. The van der Waals surface area contributed by atoms with Gasteiger partial charge in [0.2, 0.25) is 0 Å². The number of aromatic amines is 1. The molecule has 0 spiro atoms. The van der Waals surface area contributed by atoms with Gasteiger partial charge in [0.15, 0.2) is 0 Å². The zero-order valence-electron chi connectivity index (χ0n) is 14.9. The fourth-order valence-electron chi connectivity index (χ4n) is 3.44. The number of ether oxygens (including phenoxy) is 1. The molecule has 2 aromatic rings. The van der Waals surface area contributed by atoms with E-state index in [1.807, 2.05) is 25.1 Å². The van der Waals surface area contributed by atoms with Gasteiger partial charge < -0.3 is 9.84 Å². The largest absolute Gasteiger partial charge is 0.494 e. The predicted octanol–water partition coefficient (Wildman–Crippen LogP) is 1.88. The standard InChI is InChI=1S/C19H28N4O2/c1-2-25-19-5-3-16(4-6-19)13-23-11-10-22(15-18(23)8-12-24)14-17-7-9-20-21-17/h3-7,9,18,24H,2,8,10-15H2,1H3,(H,20,21)/t18-/m1/s1. The van der Waals surface area contributed by atoms with Crippen molar-refractivity contribution in [3.05, 3.63) is 47.8 Å². The van der Waals surface area contributed by atoms with Crippen LogP contribution in [0.1, 0.15) is 24.6 Å². The van der Waals surface area contributed by atoms with Gasteiger partial charge in [0.1, 0.15) is 5.75 Å². The monoisotopic (exact) mass is 344 g/mol. The minimum Gasteiger partial charge on any atom is -0.494 e. The first kappa shape index (κ1) is 17.9. The lowest BCUT2D eigenvalue weighted by Crippen LogP contribution is -2.52. The highest BCUT2D eigenvalue weighted by Gasteiger charge is 2.26. The Kier molecular flexibility index (Phi) is 6.44. The molecule has 25 heavy (non-hydrogen) atoms. The molecule has 1 aliphatic heterocycles. The van der Waals surface area contributed by atoms with Crippen molar-refractivity contribution in [3.63, 3.8) is 0 Å². The van der Waals surface area contributed by atoms with Crippen LogP contribution in [-0.4, -0.2) is 64.0 Å². The highest BCUT2D eigenvalue weighted by Crippen LogP contribution is 2.19. The number of benzene rings is 1. The SMILES string of the molecule is CCOc1ccc(CN2CCN(Cc3ccn[nH]3)C[C@H]2CCO)cc1. The lowest BCUT2D eigenvalue weighted by molar-refractivity contribution is 0.0494. The third-order valence-electron chi connectivity index (χ3n) is 4.72. The third-order valence-corrected chi connectivity index (χ3v) is 4.72. The van der Waals surface area contributed by atoms with Crippen LogP contribution < -0.4 is 4.74 Å². The quantitative estimate of drug-likeness (QED) is 0.765. The molecule has 0 saturated carbocycles. The molecular weight excluding hydrogens is 316 g/mol. The highest BCUT2D eigenvalue weighted by molar-refractivity contribution is 5.27. The summed E-state index contributed by atoms with van der Waals surface area (Å²) in [7, 11) is 0. The third kappa shape index (κ3) is 5.04. The molecule has 2 heterocycles. The summed E-state index contributed by atoms with van der Waals surface area (Å²) >= 11 is 0. The van der Waals surface area contributed by atoms with E-state index in [2.05, 4.69) is 32.1 Å². The summed E-state index contributed by atoms with van der Waals surface area (Å²) in [6.45, 7) is 7.71. The van der Waals surface area contributed by atoms with E-state index in [0.717, 1.165) is 50.6 Å². The van der Waals surface area contributed by atoms with Crippen LogP contribution in [-0.2, 0) is 13.1 Å². The number of aliphatic hydroxyl groups is 1. The van der Waals surface area contributed by atoms with Gasteiger partial charge in [-0.15, -0.1) is 0 Å². The number of nitrogens with zero attached hydrogens (tertiary/aromatic N) is 3. The van der Waals surface area contributed by atoms with E-state index in [1.165, 1.54) is 5.56 Å². The van der Waals surface area contributed by atoms with Crippen LogP contribution in [0.15, 0.2) is 36.5 Å². The molecule has 2 N–H and O–H groups in total. The van der Waals surface area contributed by atoms with E-state index in [-0.39, 0.29) is 6.61 Å². The van der Waals surface area contributed by atoms with E-state index in [9.17, 15) is 5.11 Å². The number of aliphatic hydroxyl groups excluding tert-OH is 1. The van der Waals surface area contributed by atoms with Crippen molar-refractivity contribution in [2.75, 3.05) is 32.8 Å². The van der Waals surface area contributed by atoms with Gasteiger partial charge in [-0.25, -0.2) is 0 Å². The molecule has 0 radical (unpaired) electrons. The molecule has 0 amide bonds. The van der Waals surface area contributed by atoms with Crippen LogP contribution in [0.5, 0.6) is 5.75 Å². The molecule has 1 saturated heterocycles. The second kappa shape index (κ2) is 8.99. The van der Waals surface area contributed by atoms with Crippen molar-refractivity contribution < 1.29 is 9.84 Å². The molecule has 6 heteroatoms.